The highest BCUT2D eigenvalue weighted by Crippen LogP contribution is 2.46. The first-order chi connectivity index (χ1) is 26.1. The van der Waals surface area contributed by atoms with Crippen molar-refractivity contribution in [1.29, 1.82) is 0 Å². The number of phosphoric acid groups is 1. The Hall–Kier alpha value is -5.89. The molecule has 0 aliphatic rings. The van der Waals surface area contributed by atoms with E-state index in [9.17, 15) is 4.57 Å². The third-order valence-electron chi connectivity index (χ3n) is 7.36. The second kappa shape index (κ2) is 19.6. The molecule has 0 bridgehead atoms. The summed E-state index contributed by atoms with van der Waals surface area (Å²) >= 11 is 0. The summed E-state index contributed by atoms with van der Waals surface area (Å²) in [4.78, 5) is 0. The molecule has 6 rings (SSSR count). The highest BCUT2D eigenvalue weighted by atomic mass is 31.2. The molecule has 0 saturated heterocycles. The van der Waals surface area contributed by atoms with Crippen LogP contribution in [0.4, 0.5) is 34.1 Å². The second-order valence-electron chi connectivity index (χ2n) is 11.4. The van der Waals surface area contributed by atoms with E-state index in [0.717, 1.165) is 34.1 Å². The van der Waals surface area contributed by atoms with Crippen molar-refractivity contribution in [3.8, 4) is 0 Å². The normalized spacial score (nSPS) is 11.3. The van der Waals surface area contributed by atoms with Crippen LogP contribution in [0, 0.1) is 0 Å². The monoisotopic (exact) mass is 731 g/mol. The smallest absolute Gasteiger partial charge is 0.351 e. The molecule has 53 heavy (non-hydrogen) atoms. The molecule has 6 aromatic carbocycles. The second-order valence-corrected chi connectivity index (χ2v) is 12.9. The summed E-state index contributed by atoms with van der Waals surface area (Å²) in [6.07, 6.45) is -2.41. The molecule has 0 spiro atoms. The van der Waals surface area contributed by atoms with Crippen molar-refractivity contribution >= 4 is 41.9 Å². The van der Waals surface area contributed by atoms with Gasteiger partial charge in [-0.15, -0.1) is 16.4 Å². The Morgan fingerprint density at radius 2 is 0.472 bits per heavy atom. The van der Waals surface area contributed by atoms with Gasteiger partial charge in [0.1, 0.15) is 0 Å². The first kappa shape index (κ1) is 36.9. The Morgan fingerprint density at radius 1 is 0.302 bits per heavy atom. The van der Waals surface area contributed by atoms with Gasteiger partial charge < -0.3 is 31.9 Å². The maximum absolute atomic E-state index is 14.6. The van der Waals surface area contributed by atoms with E-state index in [1.165, 1.54) is 0 Å². The number of benzene rings is 6. The van der Waals surface area contributed by atoms with Gasteiger partial charge in [-0.25, -0.2) is 4.57 Å². The molecule has 14 heteroatoms. The van der Waals surface area contributed by atoms with Crippen LogP contribution in [-0.4, -0.2) is 18.9 Å². The molecule has 0 aliphatic carbocycles. The summed E-state index contributed by atoms with van der Waals surface area (Å²) in [5.74, 6) is 0. The van der Waals surface area contributed by atoms with E-state index >= 15 is 0 Å². The van der Waals surface area contributed by atoms with Crippen molar-refractivity contribution in [2.45, 2.75) is 18.9 Å². The van der Waals surface area contributed by atoms with E-state index < -0.39 is 26.7 Å². The maximum atomic E-state index is 14.6. The fraction of sp³-hybridized carbons (Fsp3) is 0.0769. The highest BCUT2D eigenvalue weighted by Gasteiger charge is 2.33. The lowest BCUT2D eigenvalue weighted by molar-refractivity contribution is 0.00275. The van der Waals surface area contributed by atoms with Gasteiger partial charge in [-0.2, -0.15) is 13.9 Å². The van der Waals surface area contributed by atoms with Gasteiger partial charge in [0.25, 0.3) is 0 Å². The van der Waals surface area contributed by atoms with Crippen molar-refractivity contribution in [1.82, 2.24) is 16.4 Å². The quantitative estimate of drug-likeness (QED) is 0.0199. The Bertz CT molecular complexity index is 1590. The minimum Gasteiger partial charge on any atom is -0.351 e. The number of anilines is 6. The standard InChI is InChI=1S/C39H42N9O4P/c49-53(50-46-37(40-31-19-7-1-8-20-31)41-32-21-9-2-10-22-32,51-47-38(42-33-23-11-3-12-24-33)43-34-25-13-4-14-26-34)52-48-39(44-35-27-15-5-16-28-35)45-36-29-17-6-18-30-36/h1-30,37-48H. The van der Waals surface area contributed by atoms with Crippen molar-refractivity contribution in [2.24, 2.45) is 0 Å². The van der Waals surface area contributed by atoms with Crippen LogP contribution in [0.2, 0.25) is 0 Å². The Kier molecular flexibility index (Phi) is 13.7. The number of nitrogens with one attached hydrogen (secondary N) is 9. The van der Waals surface area contributed by atoms with E-state index in [1.54, 1.807) is 0 Å². The predicted molar refractivity (Wildman–Crippen MR) is 212 cm³/mol. The lowest BCUT2D eigenvalue weighted by atomic mass is 10.3. The van der Waals surface area contributed by atoms with Crippen LogP contribution < -0.4 is 48.3 Å². The predicted octanol–water partition coefficient (Wildman–Crippen LogP) is 8.18. The fourth-order valence-electron chi connectivity index (χ4n) is 4.90. The highest BCUT2D eigenvalue weighted by molar-refractivity contribution is 7.48. The lowest BCUT2D eigenvalue weighted by Gasteiger charge is -2.29. The molecule has 13 nitrogen and oxygen atoms in total. The average molecular weight is 732 g/mol. The summed E-state index contributed by atoms with van der Waals surface area (Å²) in [7, 11) is -4.58. The summed E-state index contributed by atoms with van der Waals surface area (Å²) in [6.45, 7) is 0. The number of hydrogen-bond donors (Lipinski definition) is 9. The van der Waals surface area contributed by atoms with Gasteiger partial charge in [-0.05, 0) is 72.8 Å². The molecule has 0 amide bonds. The molecule has 0 unspecified atom stereocenters. The van der Waals surface area contributed by atoms with E-state index in [2.05, 4.69) is 48.3 Å². The van der Waals surface area contributed by atoms with Gasteiger partial charge in [0.05, 0.1) is 0 Å². The van der Waals surface area contributed by atoms with Crippen molar-refractivity contribution < 1.29 is 18.4 Å². The molecule has 0 heterocycles. The molecule has 0 aromatic heterocycles. The van der Waals surface area contributed by atoms with Crippen LogP contribution in [0.25, 0.3) is 0 Å². The maximum Gasteiger partial charge on any atom is 0.524 e. The molecular formula is C39H42N9O4P. The zero-order chi connectivity index (χ0) is 36.4. The number of para-hydroxylation sites is 6. The van der Waals surface area contributed by atoms with Crippen molar-refractivity contribution in [3.63, 3.8) is 0 Å². The van der Waals surface area contributed by atoms with E-state index in [4.69, 9.17) is 13.9 Å². The molecule has 0 radical (unpaired) electrons. The van der Waals surface area contributed by atoms with E-state index in [-0.39, 0.29) is 0 Å². The summed E-state index contributed by atoms with van der Waals surface area (Å²) in [6, 6.07) is 56.9. The minimum atomic E-state index is -4.58. The fourth-order valence-corrected chi connectivity index (χ4v) is 5.71. The van der Waals surface area contributed by atoms with Gasteiger partial charge in [0.2, 0.25) is 0 Å². The Labute approximate surface area is 309 Å². The first-order valence-corrected chi connectivity index (χ1v) is 18.4. The van der Waals surface area contributed by atoms with Gasteiger partial charge in [0, 0.05) is 34.1 Å². The third-order valence-corrected chi connectivity index (χ3v) is 8.34. The minimum absolute atomic E-state index is 0.767. The molecular weight excluding hydrogens is 689 g/mol. The summed E-state index contributed by atoms with van der Waals surface area (Å²) in [5, 5.41) is 19.7. The van der Waals surface area contributed by atoms with Crippen molar-refractivity contribution in [2.75, 3.05) is 31.9 Å². The third kappa shape index (κ3) is 12.7. The molecule has 0 fully saturated rings. The van der Waals surface area contributed by atoms with Crippen LogP contribution in [0.5, 0.6) is 0 Å². The molecule has 0 atom stereocenters. The first-order valence-electron chi connectivity index (χ1n) is 16.9. The van der Waals surface area contributed by atoms with E-state index in [1.807, 2.05) is 182 Å². The zero-order valence-corrected chi connectivity index (χ0v) is 29.5. The number of rotatable bonds is 21. The van der Waals surface area contributed by atoms with Crippen LogP contribution in [0.15, 0.2) is 182 Å². The topological polar surface area (TPSA) is 153 Å². The molecule has 9 N–H and O–H groups in total. The number of hydrogen-bond acceptors (Lipinski definition) is 13. The van der Waals surface area contributed by atoms with Crippen molar-refractivity contribution in [3.05, 3.63) is 182 Å². The van der Waals surface area contributed by atoms with Crippen LogP contribution in [-0.2, 0) is 18.4 Å². The molecule has 272 valence electrons. The van der Waals surface area contributed by atoms with Crippen LogP contribution >= 0.6 is 7.82 Å². The van der Waals surface area contributed by atoms with Gasteiger partial charge in [-0.3, -0.25) is 0 Å². The van der Waals surface area contributed by atoms with E-state index in [0.29, 0.717) is 0 Å². The summed E-state index contributed by atoms with van der Waals surface area (Å²) < 4.78 is 32.1. The largest absolute Gasteiger partial charge is 0.524 e. The Morgan fingerprint density at radius 3 is 0.642 bits per heavy atom. The average Bonchev–Trinajstić information content (AvgIpc) is 3.21. The Balaban J connectivity index is 1.23. The zero-order valence-electron chi connectivity index (χ0n) is 28.6. The van der Waals surface area contributed by atoms with Crippen LogP contribution in [0.1, 0.15) is 0 Å². The van der Waals surface area contributed by atoms with Crippen LogP contribution in [0.3, 0.4) is 0 Å². The van der Waals surface area contributed by atoms with Gasteiger partial charge >= 0.3 is 7.82 Å². The number of hydroxylamine groups is 3. The van der Waals surface area contributed by atoms with Gasteiger partial charge in [0.15, 0.2) is 18.9 Å². The molecule has 0 saturated carbocycles. The molecule has 0 aliphatic heterocycles. The summed E-state index contributed by atoms with van der Waals surface area (Å²) in [5.41, 5.74) is 13.0. The van der Waals surface area contributed by atoms with Gasteiger partial charge in [-0.1, -0.05) is 109 Å². The SMILES string of the molecule is O=P(ONC(Nc1ccccc1)Nc1ccccc1)(ONC(Nc1ccccc1)Nc1ccccc1)ONC(Nc1ccccc1)Nc1ccccc1. The lowest BCUT2D eigenvalue weighted by Crippen LogP contribution is -2.46. The molecule has 6 aromatic rings.